The number of nitrogens with one attached hydrogen (secondary N) is 2. The summed E-state index contributed by atoms with van der Waals surface area (Å²) in [6, 6.07) is -2.65. The molecule has 0 bridgehead atoms. The molecule has 0 aromatic carbocycles. The first-order chi connectivity index (χ1) is 7.73. The van der Waals surface area contributed by atoms with Crippen LogP contribution in [0.3, 0.4) is 0 Å². The van der Waals surface area contributed by atoms with Crippen molar-refractivity contribution in [3.05, 3.63) is 0 Å². The third-order valence-electron chi connectivity index (χ3n) is 2.07. The molecule has 0 spiro atoms. The third-order valence-corrected chi connectivity index (χ3v) is 2.07. The molecule has 0 aliphatic carbocycles. The second-order valence-corrected chi connectivity index (χ2v) is 4.26. The molecular weight excluding hydrogens is 226 g/mol. The topological polar surface area (TPSA) is 122 Å². The van der Waals surface area contributed by atoms with Crippen molar-refractivity contribution in [2.24, 2.45) is 11.7 Å². The fourth-order valence-electron chi connectivity index (χ4n) is 1.27. The number of hydrogen-bond acceptors (Lipinski definition) is 3. The van der Waals surface area contributed by atoms with Crippen LogP contribution in [0.25, 0.3) is 0 Å². The molecule has 1 unspecified atom stereocenters. The van der Waals surface area contributed by atoms with Crippen LogP contribution in [0.2, 0.25) is 0 Å². The minimum Gasteiger partial charge on any atom is -0.480 e. The summed E-state index contributed by atoms with van der Waals surface area (Å²) in [7, 11) is 0. The van der Waals surface area contributed by atoms with E-state index < -0.39 is 30.0 Å². The van der Waals surface area contributed by atoms with Crippen molar-refractivity contribution in [1.29, 1.82) is 0 Å². The van der Waals surface area contributed by atoms with Crippen molar-refractivity contribution in [3.63, 3.8) is 0 Å². The van der Waals surface area contributed by atoms with Gasteiger partial charge in [-0.05, 0) is 19.3 Å². The average molecular weight is 245 g/mol. The molecule has 0 fully saturated rings. The van der Waals surface area contributed by atoms with Crippen LogP contribution in [0, 0.1) is 5.92 Å². The van der Waals surface area contributed by atoms with Crippen molar-refractivity contribution in [1.82, 2.24) is 10.6 Å². The van der Waals surface area contributed by atoms with E-state index >= 15 is 0 Å². The van der Waals surface area contributed by atoms with Gasteiger partial charge in [-0.2, -0.15) is 0 Å². The molecule has 0 aliphatic rings. The van der Waals surface area contributed by atoms with Crippen LogP contribution in [-0.2, 0) is 9.59 Å². The molecule has 0 rings (SSSR count). The Balaban J connectivity index is 4.39. The van der Waals surface area contributed by atoms with E-state index in [1.807, 2.05) is 13.8 Å². The summed E-state index contributed by atoms with van der Waals surface area (Å²) in [5.41, 5.74) is 4.86. The fraction of sp³-hybridized carbons (Fsp3) is 0.700. The van der Waals surface area contributed by atoms with Gasteiger partial charge in [0.1, 0.15) is 12.1 Å². The summed E-state index contributed by atoms with van der Waals surface area (Å²) in [6.07, 6.45) is 0.324. The molecule has 2 atom stereocenters. The fourth-order valence-corrected chi connectivity index (χ4v) is 1.27. The van der Waals surface area contributed by atoms with Gasteiger partial charge < -0.3 is 21.5 Å². The molecule has 0 saturated heterocycles. The smallest absolute Gasteiger partial charge is 0.326 e. The summed E-state index contributed by atoms with van der Waals surface area (Å²) in [5, 5.41) is 13.4. The van der Waals surface area contributed by atoms with Gasteiger partial charge in [0.25, 0.3) is 0 Å². The van der Waals surface area contributed by atoms with E-state index in [4.69, 9.17) is 10.8 Å². The number of amides is 3. The van der Waals surface area contributed by atoms with E-state index in [9.17, 15) is 14.4 Å². The summed E-state index contributed by atoms with van der Waals surface area (Å²) in [4.78, 5) is 32.9. The molecule has 5 N–H and O–H groups in total. The van der Waals surface area contributed by atoms with Gasteiger partial charge in [-0.15, -0.1) is 0 Å². The number of urea groups is 1. The summed E-state index contributed by atoms with van der Waals surface area (Å²) in [5.74, 6) is -1.54. The molecule has 98 valence electrons. The van der Waals surface area contributed by atoms with Gasteiger partial charge >= 0.3 is 12.0 Å². The van der Waals surface area contributed by atoms with E-state index in [0.717, 1.165) is 0 Å². The number of hydrogen-bond donors (Lipinski definition) is 4. The highest BCUT2D eigenvalue weighted by Gasteiger charge is 2.23. The van der Waals surface area contributed by atoms with E-state index in [1.165, 1.54) is 6.92 Å². The molecular formula is C10H19N3O4. The molecule has 0 aliphatic heterocycles. The van der Waals surface area contributed by atoms with Gasteiger partial charge in [-0.3, -0.25) is 4.79 Å². The van der Waals surface area contributed by atoms with E-state index in [-0.39, 0.29) is 5.92 Å². The van der Waals surface area contributed by atoms with Crippen LogP contribution >= 0.6 is 0 Å². The lowest BCUT2D eigenvalue weighted by atomic mass is 10.0. The zero-order chi connectivity index (χ0) is 13.6. The lowest BCUT2D eigenvalue weighted by Gasteiger charge is -2.19. The van der Waals surface area contributed by atoms with Crippen molar-refractivity contribution >= 4 is 17.9 Å². The molecule has 0 radical (unpaired) electrons. The predicted octanol–water partition coefficient (Wildman–Crippen LogP) is -0.341. The predicted molar refractivity (Wildman–Crippen MR) is 61.2 cm³/mol. The highest BCUT2D eigenvalue weighted by Crippen LogP contribution is 2.05. The van der Waals surface area contributed by atoms with Crippen LogP contribution in [0.15, 0.2) is 0 Å². The maximum atomic E-state index is 11.5. The Hall–Kier alpha value is -1.79. The average Bonchev–Trinajstić information content (AvgIpc) is 2.14. The van der Waals surface area contributed by atoms with Gasteiger partial charge in [0, 0.05) is 0 Å². The Morgan fingerprint density at radius 3 is 2.06 bits per heavy atom. The van der Waals surface area contributed by atoms with Gasteiger partial charge in [0.15, 0.2) is 0 Å². The lowest BCUT2D eigenvalue weighted by Crippen LogP contribution is -2.51. The molecule has 0 heterocycles. The SMILES string of the molecule is CC(C)C[C@H](NC(=O)C(C)NC(N)=O)C(=O)O. The zero-order valence-corrected chi connectivity index (χ0v) is 10.2. The quantitative estimate of drug-likeness (QED) is 0.511. The largest absolute Gasteiger partial charge is 0.480 e. The maximum Gasteiger partial charge on any atom is 0.326 e. The molecule has 7 nitrogen and oxygen atoms in total. The Morgan fingerprint density at radius 1 is 1.18 bits per heavy atom. The zero-order valence-electron chi connectivity index (χ0n) is 10.2. The van der Waals surface area contributed by atoms with Gasteiger partial charge in [-0.1, -0.05) is 13.8 Å². The Morgan fingerprint density at radius 2 is 1.71 bits per heavy atom. The number of carboxylic acids is 1. The third kappa shape index (κ3) is 6.39. The molecule has 3 amide bonds. The maximum absolute atomic E-state index is 11.5. The normalized spacial score (nSPS) is 13.9. The van der Waals surface area contributed by atoms with Crippen molar-refractivity contribution in [2.75, 3.05) is 0 Å². The number of nitrogens with two attached hydrogens (primary N) is 1. The van der Waals surface area contributed by atoms with Crippen LogP contribution in [0.1, 0.15) is 27.2 Å². The highest BCUT2D eigenvalue weighted by atomic mass is 16.4. The van der Waals surface area contributed by atoms with Gasteiger partial charge in [0.2, 0.25) is 5.91 Å². The Kier molecular flexibility index (Phi) is 6.01. The van der Waals surface area contributed by atoms with E-state index in [1.54, 1.807) is 0 Å². The first-order valence-electron chi connectivity index (χ1n) is 5.33. The second-order valence-electron chi connectivity index (χ2n) is 4.26. The number of aliphatic carboxylic acids is 1. The summed E-state index contributed by atoms with van der Waals surface area (Å²) < 4.78 is 0. The Bertz CT molecular complexity index is 304. The van der Waals surface area contributed by atoms with Crippen molar-refractivity contribution in [3.8, 4) is 0 Å². The van der Waals surface area contributed by atoms with E-state index in [2.05, 4.69) is 10.6 Å². The van der Waals surface area contributed by atoms with Crippen LogP contribution in [-0.4, -0.2) is 35.1 Å². The monoisotopic (exact) mass is 245 g/mol. The van der Waals surface area contributed by atoms with Gasteiger partial charge in [-0.25, -0.2) is 9.59 Å². The molecule has 17 heavy (non-hydrogen) atoms. The molecule has 0 saturated carbocycles. The minimum absolute atomic E-state index is 0.135. The molecule has 7 heteroatoms. The molecule has 0 aromatic heterocycles. The number of rotatable bonds is 6. The van der Waals surface area contributed by atoms with Crippen molar-refractivity contribution < 1.29 is 19.5 Å². The molecule has 0 aromatic rings. The highest BCUT2D eigenvalue weighted by molar-refractivity contribution is 5.89. The van der Waals surface area contributed by atoms with Crippen molar-refractivity contribution in [2.45, 2.75) is 39.3 Å². The standard InChI is InChI=1S/C10H19N3O4/c1-5(2)4-7(9(15)16)13-8(14)6(3)12-10(11)17/h5-7H,4H2,1-3H3,(H,13,14)(H,15,16)(H3,11,12,17)/t6?,7-/m0/s1. The Labute approximate surface area is 99.7 Å². The number of carboxylic acid groups (broad SMARTS) is 1. The van der Waals surface area contributed by atoms with Crippen LogP contribution < -0.4 is 16.4 Å². The summed E-state index contributed by atoms with van der Waals surface area (Å²) in [6.45, 7) is 5.13. The number of primary amides is 1. The minimum atomic E-state index is -1.10. The number of carbonyl (C=O) groups excluding carboxylic acids is 2. The van der Waals surface area contributed by atoms with Gasteiger partial charge in [0.05, 0.1) is 0 Å². The van der Waals surface area contributed by atoms with Crippen LogP contribution in [0.5, 0.6) is 0 Å². The first-order valence-corrected chi connectivity index (χ1v) is 5.33. The first kappa shape index (κ1) is 15.2. The van der Waals surface area contributed by atoms with Crippen LogP contribution in [0.4, 0.5) is 4.79 Å². The summed E-state index contributed by atoms with van der Waals surface area (Å²) >= 11 is 0. The number of carbonyl (C=O) groups is 3. The van der Waals surface area contributed by atoms with E-state index in [0.29, 0.717) is 6.42 Å². The lowest BCUT2D eigenvalue weighted by molar-refractivity contribution is -0.142. The second kappa shape index (κ2) is 6.72.